The van der Waals surface area contributed by atoms with Crippen molar-refractivity contribution in [1.29, 1.82) is 5.26 Å². The van der Waals surface area contributed by atoms with Gasteiger partial charge in [-0.1, -0.05) is 54.6 Å². The topological polar surface area (TPSA) is 114 Å². The fourth-order valence-corrected chi connectivity index (χ4v) is 2.25. The third kappa shape index (κ3) is 3.36. The smallest absolute Gasteiger partial charge is 0.225 e. The number of aromatic nitrogens is 3. The predicted octanol–water partition coefficient (Wildman–Crippen LogP) is 2.77. The number of nitrogens with two attached hydrogens (primary N) is 2. The van der Waals surface area contributed by atoms with Crippen molar-refractivity contribution in [2.24, 2.45) is 0 Å². The van der Waals surface area contributed by atoms with Crippen LogP contribution in [0.3, 0.4) is 0 Å². The molecule has 4 N–H and O–H groups in total. The summed E-state index contributed by atoms with van der Waals surface area (Å²) in [4.78, 5) is 11.6. The molecule has 3 aromatic rings. The monoisotopic (exact) mass is 314 g/mol. The fraction of sp³-hybridized carbons (Fsp3) is 0. The van der Waals surface area contributed by atoms with Crippen molar-refractivity contribution < 1.29 is 0 Å². The van der Waals surface area contributed by atoms with Crippen LogP contribution < -0.4 is 11.5 Å². The summed E-state index contributed by atoms with van der Waals surface area (Å²) < 4.78 is 0. The van der Waals surface area contributed by atoms with Gasteiger partial charge in [0.1, 0.15) is 6.07 Å². The Bertz CT molecular complexity index is 904. The minimum absolute atomic E-state index is 0.0157. The molecule has 1 aromatic heterocycles. The maximum absolute atomic E-state index is 9.35. The number of nitriles is 1. The summed E-state index contributed by atoms with van der Waals surface area (Å²) in [5.74, 6) is 0.130. The number of nitrogen functional groups attached to an aromatic ring is 2. The highest BCUT2D eigenvalue weighted by atomic mass is 15.1. The second-order valence-electron chi connectivity index (χ2n) is 5.03. The lowest BCUT2D eigenvalue weighted by atomic mass is 10.0. The Morgan fingerprint density at radius 2 is 1.42 bits per heavy atom. The number of rotatable bonds is 3. The number of nitrogens with zero attached hydrogens (tertiary/aromatic N) is 4. The zero-order valence-electron chi connectivity index (χ0n) is 12.7. The van der Waals surface area contributed by atoms with Crippen molar-refractivity contribution in [3.63, 3.8) is 0 Å². The second-order valence-corrected chi connectivity index (χ2v) is 5.03. The highest BCUT2D eigenvalue weighted by Crippen LogP contribution is 2.21. The maximum atomic E-state index is 9.35. The predicted molar refractivity (Wildman–Crippen MR) is 94.0 cm³/mol. The van der Waals surface area contributed by atoms with Crippen LogP contribution in [0.4, 0.5) is 11.9 Å². The van der Waals surface area contributed by atoms with Gasteiger partial charge >= 0.3 is 0 Å². The van der Waals surface area contributed by atoms with E-state index in [1.807, 2.05) is 54.6 Å². The molecule has 0 saturated heterocycles. The number of benzene rings is 2. The standard InChI is InChI=1S/C18H14N6/c19-11-15(16-22-17(20)24-18(21)23-16)10-12-6-8-14(9-7-12)13-4-2-1-3-5-13/h1-10H,(H4,20,21,22,23,24)/b15-10-. The van der Waals surface area contributed by atoms with E-state index < -0.39 is 0 Å². The van der Waals surface area contributed by atoms with Crippen LogP contribution in [0, 0.1) is 11.3 Å². The van der Waals surface area contributed by atoms with Gasteiger partial charge in [0, 0.05) is 0 Å². The van der Waals surface area contributed by atoms with Crippen LogP contribution >= 0.6 is 0 Å². The Morgan fingerprint density at radius 3 is 2.00 bits per heavy atom. The Hall–Kier alpha value is -3.72. The van der Waals surface area contributed by atoms with Gasteiger partial charge in [-0.15, -0.1) is 0 Å². The minimum atomic E-state index is -0.0157. The zero-order valence-corrected chi connectivity index (χ0v) is 12.7. The van der Waals surface area contributed by atoms with Crippen LogP contribution in [0.15, 0.2) is 54.6 Å². The van der Waals surface area contributed by atoms with Gasteiger partial charge in [0.2, 0.25) is 11.9 Å². The van der Waals surface area contributed by atoms with E-state index in [0.29, 0.717) is 0 Å². The van der Waals surface area contributed by atoms with Crippen LogP contribution in [0.25, 0.3) is 22.8 Å². The summed E-state index contributed by atoms with van der Waals surface area (Å²) in [5.41, 5.74) is 14.4. The first-order valence-electron chi connectivity index (χ1n) is 7.20. The SMILES string of the molecule is N#C/C(=C/c1ccc(-c2ccccc2)cc1)c1nc(N)nc(N)n1. The van der Waals surface area contributed by atoms with E-state index >= 15 is 0 Å². The van der Waals surface area contributed by atoms with E-state index in [1.54, 1.807) is 6.08 Å². The lowest BCUT2D eigenvalue weighted by molar-refractivity contribution is 1.05. The Kier molecular flexibility index (Phi) is 4.17. The van der Waals surface area contributed by atoms with Crippen LogP contribution in [0.1, 0.15) is 11.4 Å². The summed E-state index contributed by atoms with van der Waals surface area (Å²) >= 11 is 0. The highest BCUT2D eigenvalue weighted by molar-refractivity contribution is 5.87. The van der Waals surface area contributed by atoms with Crippen LogP contribution in [0.2, 0.25) is 0 Å². The molecule has 2 aromatic carbocycles. The third-order valence-electron chi connectivity index (χ3n) is 3.36. The van der Waals surface area contributed by atoms with Crippen molar-refractivity contribution in [2.75, 3.05) is 11.5 Å². The summed E-state index contributed by atoms with van der Waals surface area (Å²) in [6, 6.07) is 19.9. The van der Waals surface area contributed by atoms with E-state index in [0.717, 1.165) is 16.7 Å². The summed E-state index contributed by atoms with van der Waals surface area (Å²) in [5, 5.41) is 9.35. The Labute approximate surface area is 139 Å². The first-order chi connectivity index (χ1) is 11.7. The summed E-state index contributed by atoms with van der Waals surface area (Å²) in [6.07, 6.45) is 1.68. The molecule has 0 bridgehead atoms. The Morgan fingerprint density at radius 1 is 0.833 bits per heavy atom. The minimum Gasteiger partial charge on any atom is -0.368 e. The largest absolute Gasteiger partial charge is 0.368 e. The molecule has 1 heterocycles. The first kappa shape index (κ1) is 15.2. The van der Waals surface area contributed by atoms with Crippen molar-refractivity contribution in [3.8, 4) is 17.2 Å². The summed E-state index contributed by atoms with van der Waals surface area (Å²) in [7, 11) is 0. The van der Waals surface area contributed by atoms with Crippen LogP contribution in [-0.4, -0.2) is 15.0 Å². The fourth-order valence-electron chi connectivity index (χ4n) is 2.25. The van der Waals surface area contributed by atoms with Crippen molar-refractivity contribution in [3.05, 3.63) is 66.0 Å². The zero-order chi connectivity index (χ0) is 16.9. The molecule has 24 heavy (non-hydrogen) atoms. The van der Waals surface area contributed by atoms with E-state index in [2.05, 4.69) is 21.0 Å². The highest BCUT2D eigenvalue weighted by Gasteiger charge is 2.08. The molecule has 0 spiro atoms. The molecule has 0 unspecified atom stereocenters. The molecule has 0 aliphatic carbocycles. The van der Waals surface area contributed by atoms with E-state index in [4.69, 9.17) is 11.5 Å². The van der Waals surface area contributed by atoms with Gasteiger partial charge in [-0.2, -0.15) is 20.2 Å². The van der Waals surface area contributed by atoms with Gasteiger partial charge in [0.25, 0.3) is 0 Å². The van der Waals surface area contributed by atoms with Crippen LogP contribution in [0.5, 0.6) is 0 Å². The van der Waals surface area contributed by atoms with E-state index in [9.17, 15) is 5.26 Å². The molecule has 6 heteroatoms. The molecule has 6 nitrogen and oxygen atoms in total. The molecule has 0 radical (unpaired) electrons. The average Bonchev–Trinajstić information content (AvgIpc) is 2.60. The van der Waals surface area contributed by atoms with Gasteiger partial charge in [-0.05, 0) is 22.8 Å². The number of anilines is 2. The molecule has 116 valence electrons. The van der Waals surface area contributed by atoms with Crippen molar-refractivity contribution >= 4 is 23.5 Å². The molecule has 0 aliphatic heterocycles. The van der Waals surface area contributed by atoms with Crippen molar-refractivity contribution in [2.45, 2.75) is 0 Å². The van der Waals surface area contributed by atoms with Gasteiger partial charge in [-0.3, -0.25) is 0 Å². The second kappa shape index (κ2) is 6.58. The lowest BCUT2D eigenvalue weighted by Crippen LogP contribution is -2.06. The quantitative estimate of drug-likeness (QED) is 0.718. The van der Waals surface area contributed by atoms with Crippen LogP contribution in [-0.2, 0) is 0 Å². The van der Waals surface area contributed by atoms with Gasteiger partial charge in [-0.25, -0.2) is 0 Å². The molecule has 3 rings (SSSR count). The van der Waals surface area contributed by atoms with Gasteiger partial charge in [0.15, 0.2) is 5.82 Å². The molecular weight excluding hydrogens is 300 g/mol. The molecule has 0 aliphatic rings. The number of hydrogen-bond donors (Lipinski definition) is 2. The maximum Gasteiger partial charge on any atom is 0.225 e. The first-order valence-corrected chi connectivity index (χ1v) is 7.20. The number of allylic oxidation sites excluding steroid dienone is 1. The molecule has 0 atom stereocenters. The summed E-state index contributed by atoms with van der Waals surface area (Å²) in [6.45, 7) is 0. The van der Waals surface area contributed by atoms with E-state index in [-0.39, 0.29) is 23.3 Å². The normalized spacial score (nSPS) is 11.0. The molecular formula is C18H14N6. The lowest BCUT2D eigenvalue weighted by Gasteiger charge is -2.03. The number of hydrogen-bond acceptors (Lipinski definition) is 6. The van der Waals surface area contributed by atoms with Gasteiger partial charge in [0.05, 0.1) is 5.57 Å². The third-order valence-corrected chi connectivity index (χ3v) is 3.36. The molecule has 0 amide bonds. The molecule has 0 fully saturated rings. The van der Waals surface area contributed by atoms with Crippen molar-refractivity contribution in [1.82, 2.24) is 15.0 Å². The molecule has 0 saturated carbocycles. The average molecular weight is 314 g/mol. The van der Waals surface area contributed by atoms with Gasteiger partial charge < -0.3 is 11.5 Å². The Balaban J connectivity index is 1.93. The van der Waals surface area contributed by atoms with E-state index in [1.165, 1.54) is 0 Å².